The maximum Gasteiger partial charge on any atom is 0.123 e. The highest BCUT2D eigenvalue weighted by molar-refractivity contribution is 5.19. The Balaban J connectivity index is 2.07. The van der Waals surface area contributed by atoms with Gasteiger partial charge in [-0.25, -0.2) is 9.37 Å². The van der Waals surface area contributed by atoms with Crippen molar-refractivity contribution in [3.05, 3.63) is 53.9 Å². The average molecular weight is 247 g/mol. The highest BCUT2D eigenvalue weighted by Crippen LogP contribution is 2.16. The van der Waals surface area contributed by atoms with Crippen LogP contribution in [0.15, 0.2) is 36.7 Å². The minimum atomic E-state index is -0.392. The zero-order valence-electron chi connectivity index (χ0n) is 10.7. The smallest absolute Gasteiger partial charge is 0.123 e. The molecule has 2 aromatic rings. The lowest BCUT2D eigenvalue weighted by Crippen LogP contribution is -2.41. The molecule has 0 spiro atoms. The molecule has 0 aliphatic rings. The van der Waals surface area contributed by atoms with Gasteiger partial charge in [0, 0.05) is 31.4 Å². The lowest BCUT2D eigenvalue weighted by atomic mass is 9.90. The summed E-state index contributed by atoms with van der Waals surface area (Å²) in [4.78, 5) is 4.28. The predicted molar refractivity (Wildman–Crippen MR) is 69.6 cm³/mol. The maximum absolute atomic E-state index is 12.8. The molecule has 1 heterocycles. The van der Waals surface area contributed by atoms with Gasteiger partial charge in [-0.3, -0.25) is 0 Å². The number of halogens is 1. The molecule has 4 heteroatoms. The van der Waals surface area contributed by atoms with Gasteiger partial charge >= 0.3 is 0 Å². The Hall–Kier alpha value is -1.68. The molecule has 0 bridgehead atoms. The number of aryl methyl sites for hydroxylation is 1. The fourth-order valence-corrected chi connectivity index (χ4v) is 2.06. The molecule has 2 N–H and O–H groups in total. The van der Waals surface area contributed by atoms with Crippen LogP contribution >= 0.6 is 0 Å². The zero-order valence-corrected chi connectivity index (χ0v) is 10.7. The summed E-state index contributed by atoms with van der Waals surface area (Å²) in [7, 11) is 1.95. The van der Waals surface area contributed by atoms with E-state index in [-0.39, 0.29) is 5.82 Å². The van der Waals surface area contributed by atoms with Crippen LogP contribution in [0.3, 0.4) is 0 Å². The molecule has 1 atom stereocenters. The van der Waals surface area contributed by atoms with E-state index >= 15 is 0 Å². The molecule has 96 valence electrons. The van der Waals surface area contributed by atoms with Crippen molar-refractivity contribution in [3.63, 3.8) is 0 Å². The highest BCUT2D eigenvalue weighted by atomic mass is 19.1. The summed E-state index contributed by atoms with van der Waals surface area (Å²) in [6, 6.07) is 6.48. The van der Waals surface area contributed by atoms with E-state index in [1.165, 1.54) is 12.1 Å². The van der Waals surface area contributed by atoms with Gasteiger partial charge in [0.25, 0.3) is 0 Å². The predicted octanol–water partition coefficient (Wildman–Crippen LogP) is 2.06. The van der Waals surface area contributed by atoms with E-state index in [0.29, 0.717) is 12.8 Å². The quantitative estimate of drug-likeness (QED) is 0.898. The Bertz CT molecular complexity index is 514. The van der Waals surface area contributed by atoms with E-state index in [1.807, 2.05) is 24.7 Å². The monoisotopic (exact) mass is 247 g/mol. The van der Waals surface area contributed by atoms with Gasteiger partial charge in [0.1, 0.15) is 11.6 Å². The van der Waals surface area contributed by atoms with Crippen LogP contribution in [-0.2, 0) is 19.9 Å². The number of benzene rings is 1. The summed E-state index contributed by atoms with van der Waals surface area (Å²) in [5, 5.41) is 0. The van der Waals surface area contributed by atoms with Crippen LogP contribution in [0.5, 0.6) is 0 Å². The van der Waals surface area contributed by atoms with Crippen LogP contribution in [0.2, 0.25) is 0 Å². The third kappa shape index (κ3) is 3.17. The number of nitrogens with two attached hydrogens (primary N) is 1. The van der Waals surface area contributed by atoms with Crippen molar-refractivity contribution in [2.24, 2.45) is 12.8 Å². The Labute approximate surface area is 106 Å². The van der Waals surface area contributed by atoms with Gasteiger partial charge < -0.3 is 10.3 Å². The topological polar surface area (TPSA) is 43.8 Å². The number of hydrogen-bond acceptors (Lipinski definition) is 2. The SMILES string of the molecule is Cn1ccnc1CC(C)(N)Cc1ccc(F)cc1. The van der Waals surface area contributed by atoms with E-state index in [4.69, 9.17) is 5.73 Å². The van der Waals surface area contributed by atoms with Crippen LogP contribution in [0.1, 0.15) is 18.3 Å². The molecule has 2 rings (SSSR count). The van der Waals surface area contributed by atoms with Crippen molar-refractivity contribution in [2.45, 2.75) is 25.3 Å². The second-order valence-corrected chi connectivity index (χ2v) is 5.09. The van der Waals surface area contributed by atoms with Gasteiger partial charge in [-0.15, -0.1) is 0 Å². The molecule has 0 amide bonds. The van der Waals surface area contributed by atoms with Gasteiger partial charge in [-0.1, -0.05) is 12.1 Å². The van der Waals surface area contributed by atoms with Crippen molar-refractivity contribution in [1.82, 2.24) is 9.55 Å². The Kier molecular flexibility index (Phi) is 3.48. The molecule has 0 fully saturated rings. The first-order valence-electron chi connectivity index (χ1n) is 5.96. The Morgan fingerprint density at radius 1 is 1.28 bits per heavy atom. The average Bonchev–Trinajstić information content (AvgIpc) is 2.67. The molecule has 0 aliphatic carbocycles. The third-order valence-corrected chi connectivity index (χ3v) is 3.00. The lowest BCUT2D eigenvalue weighted by Gasteiger charge is -2.24. The first kappa shape index (κ1) is 12.8. The molecule has 0 saturated carbocycles. The van der Waals surface area contributed by atoms with Crippen molar-refractivity contribution < 1.29 is 4.39 Å². The lowest BCUT2D eigenvalue weighted by molar-refractivity contribution is 0.445. The van der Waals surface area contributed by atoms with Crippen LogP contribution in [0.4, 0.5) is 4.39 Å². The van der Waals surface area contributed by atoms with E-state index < -0.39 is 5.54 Å². The van der Waals surface area contributed by atoms with Gasteiger partial charge in [0.15, 0.2) is 0 Å². The third-order valence-electron chi connectivity index (χ3n) is 3.00. The Morgan fingerprint density at radius 2 is 1.94 bits per heavy atom. The molecule has 0 radical (unpaired) electrons. The largest absolute Gasteiger partial charge is 0.338 e. The number of nitrogens with zero attached hydrogens (tertiary/aromatic N) is 2. The summed E-state index contributed by atoms with van der Waals surface area (Å²) in [5.74, 6) is 0.740. The Morgan fingerprint density at radius 3 is 2.50 bits per heavy atom. The zero-order chi connectivity index (χ0) is 13.2. The summed E-state index contributed by atoms with van der Waals surface area (Å²) in [6.45, 7) is 1.99. The molecule has 18 heavy (non-hydrogen) atoms. The van der Waals surface area contributed by atoms with Crippen molar-refractivity contribution in [1.29, 1.82) is 0 Å². The normalized spacial score (nSPS) is 14.4. The standard InChI is InChI=1S/C14H18FN3/c1-14(16,10-13-17-7-8-18(13)2)9-11-3-5-12(15)6-4-11/h3-8H,9-10,16H2,1-2H3. The van der Waals surface area contributed by atoms with Crippen LogP contribution in [0.25, 0.3) is 0 Å². The van der Waals surface area contributed by atoms with Crippen molar-refractivity contribution in [2.75, 3.05) is 0 Å². The summed E-state index contributed by atoms with van der Waals surface area (Å²) >= 11 is 0. The van der Waals surface area contributed by atoms with E-state index in [9.17, 15) is 4.39 Å². The van der Waals surface area contributed by atoms with Gasteiger partial charge in [0.05, 0.1) is 0 Å². The molecule has 1 aromatic heterocycles. The molecule has 0 saturated heterocycles. The van der Waals surface area contributed by atoms with E-state index in [1.54, 1.807) is 18.3 Å². The number of rotatable bonds is 4. The second-order valence-electron chi connectivity index (χ2n) is 5.09. The molecule has 1 aromatic carbocycles. The fourth-order valence-electron chi connectivity index (χ4n) is 2.06. The second kappa shape index (κ2) is 4.90. The van der Waals surface area contributed by atoms with E-state index in [0.717, 1.165) is 11.4 Å². The maximum atomic E-state index is 12.8. The fraction of sp³-hybridized carbons (Fsp3) is 0.357. The summed E-state index contributed by atoms with van der Waals surface area (Å²) in [5.41, 5.74) is 6.95. The van der Waals surface area contributed by atoms with Crippen LogP contribution in [0, 0.1) is 5.82 Å². The van der Waals surface area contributed by atoms with E-state index in [2.05, 4.69) is 4.98 Å². The molecule has 3 nitrogen and oxygen atoms in total. The summed E-state index contributed by atoms with van der Waals surface area (Å²) < 4.78 is 14.8. The molecular weight excluding hydrogens is 229 g/mol. The molecule has 1 unspecified atom stereocenters. The number of aromatic nitrogens is 2. The van der Waals surface area contributed by atoms with Crippen molar-refractivity contribution >= 4 is 0 Å². The summed E-state index contributed by atoms with van der Waals surface area (Å²) in [6.07, 6.45) is 5.06. The van der Waals surface area contributed by atoms with Crippen molar-refractivity contribution in [3.8, 4) is 0 Å². The van der Waals surface area contributed by atoms with Gasteiger partial charge in [-0.05, 0) is 31.0 Å². The minimum Gasteiger partial charge on any atom is -0.338 e. The van der Waals surface area contributed by atoms with Gasteiger partial charge in [0.2, 0.25) is 0 Å². The van der Waals surface area contributed by atoms with Crippen LogP contribution in [-0.4, -0.2) is 15.1 Å². The first-order valence-corrected chi connectivity index (χ1v) is 5.96. The minimum absolute atomic E-state index is 0.221. The van der Waals surface area contributed by atoms with Gasteiger partial charge in [-0.2, -0.15) is 0 Å². The first-order chi connectivity index (χ1) is 8.46. The molecule has 0 aliphatic heterocycles. The number of imidazole rings is 1. The highest BCUT2D eigenvalue weighted by Gasteiger charge is 2.21. The molecular formula is C14H18FN3. The van der Waals surface area contributed by atoms with Crippen LogP contribution < -0.4 is 5.73 Å². The number of hydrogen-bond donors (Lipinski definition) is 1.